The van der Waals surface area contributed by atoms with E-state index in [1.165, 1.54) is 4.88 Å². The van der Waals surface area contributed by atoms with Crippen LogP contribution < -0.4 is 11.1 Å². The van der Waals surface area contributed by atoms with E-state index in [4.69, 9.17) is 5.73 Å². The molecule has 1 aromatic rings. The summed E-state index contributed by atoms with van der Waals surface area (Å²) in [7, 11) is 0. The summed E-state index contributed by atoms with van der Waals surface area (Å²) in [4.78, 5) is 12.9. The van der Waals surface area contributed by atoms with Crippen molar-refractivity contribution in [3.8, 4) is 0 Å². The van der Waals surface area contributed by atoms with Crippen molar-refractivity contribution >= 4 is 33.2 Å². The standard InChI is InChI=1S/C12H19BrN2OS/c1-8(5-14)11(16)15-7-12(2,3)10-4-9(13)6-17-10/h4,6,8H,5,7,14H2,1-3H3,(H,15,16). The van der Waals surface area contributed by atoms with Gasteiger partial charge in [-0.15, -0.1) is 11.3 Å². The predicted molar refractivity (Wildman–Crippen MR) is 76.3 cm³/mol. The van der Waals surface area contributed by atoms with Crippen LogP contribution in [0.1, 0.15) is 25.6 Å². The summed E-state index contributed by atoms with van der Waals surface area (Å²) in [5.74, 6) is -0.0999. The van der Waals surface area contributed by atoms with Crippen molar-refractivity contribution in [3.63, 3.8) is 0 Å². The zero-order valence-electron chi connectivity index (χ0n) is 10.4. The van der Waals surface area contributed by atoms with Crippen molar-refractivity contribution in [2.24, 2.45) is 11.7 Å². The van der Waals surface area contributed by atoms with Gasteiger partial charge in [-0.3, -0.25) is 4.79 Å². The Bertz CT molecular complexity index is 390. The van der Waals surface area contributed by atoms with Crippen molar-refractivity contribution < 1.29 is 4.79 Å². The molecule has 0 bridgehead atoms. The fraction of sp³-hybridized carbons (Fsp3) is 0.583. The van der Waals surface area contributed by atoms with Crippen LogP contribution in [0.15, 0.2) is 15.9 Å². The van der Waals surface area contributed by atoms with Gasteiger partial charge >= 0.3 is 0 Å². The number of rotatable bonds is 5. The average molecular weight is 319 g/mol. The molecular formula is C12H19BrN2OS. The van der Waals surface area contributed by atoms with Gasteiger partial charge in [0.2, 0.25) is 5.91 Å². The van der Waals surface area contributed by atoms with Crippen molar-refractivity contribution in [2.45, 2.75) is 26.2 Å². The van der Waals surface area contributed by atoms with E-state index < -0.39 is 0 Å². The molecule has 5 heteroatoms. The van der Waals surface area contributed by atoms with Crippen LogP contribution in [-0.2, 0) is 10.2 Å². The third kappa shape index (κ3) is 4.08. The normalized spacial score (nSPS) is 13.5. The molecule has 0 saturated heterocycles. The van der Waals surface area contributed by atoms with Crippen LogP contribution >= 0.6 is 27.3 Å². The fourth-order valence-electron chi connectivity index (χ4n) is 1.34. The van der Waals surface area contributed by atoms with Crippen molar-refractivity contribution in [1.82, 2.24) is 5.32 Å². The van der Waals surface area contributed by atoms with E-state index >= 15 is 0 Å². The Balaban J connectivity index is 2.59. The Morgan fingerprint density at radius 3 is 2.76 bits per heavy atom. The average Bonchev–Trinajstić information content (AvgIpc) is 2.72. The minimum Gasteiger partial charge on any atom is -0.355 e. The number of nitrogens with two attached hydrogens (primary N) is 1. The molecule has 0 fully saturated rings. The Hall–Kier alpha value is -0.390. The van der Waals surface area contributed by atoms with Gasteiger partial charge in [0, 0.05) is 39.2 Å². The molecule has 0 aliphatic heterocycles. The Morgan fingerprint density at radius 1 is 1.65 bits per heavy atom. The number of carbonyl (C=O) groups excluding carboxylic acids is 1. The Labute approximate surface area is 115 Å². The Morgan fingerprint density at radius 2 is 2.29 bits per heavy atom. The van der Waals surface area contributed by atoms with Crippen molar-refractivity contribution in [2.75, 3.05) is 13.1 Å². The van der Waals surface area contributed by atoms with Gasteiger partial charge in [0.15, 0.2) is 0 Å². The van der Waals surface area contributed by atoms with Crippen LogP contribution in [0.25, 0.3) is 0 Å². The Kier molecular flexibility index (Phi) is 5.16. The van der Waals surface area contributed by atoms with E-state index in [2.05, 4.69) is 46.5 Å². The molecule has 1 heterocycles. The maximum Gasteiger partial charge on any atom is 0.224 e. The number of hydrogen-bond acceptors (Lipinski definition) is 3. The first-order chi connectivity index (χ1) is 7.86. The summed E-state index contributed by atoms with van der Waals surface area (Å²) >= 11 is 5.15. The van der Waals surface area contributed by atoms with E-state index in [1.54, 1.807) is 11.3 Å². The second-order valence-electron chi connectivity index (χ2n) is 4.87. The second kappa shape index (κ2) is 5.98. The minimum atomic E-state index is -0.124. The summed E-state index contributed by atoms with van der Waals surface area (Å²) in [6.07, 6.45) is 0. The number of halogens is 1. The first-order valence-corrected chi connectivity index (χ1v) is 7.26. The van der Waals surface area contributed by atoms with Gasteiger partial charge in [-0.25, -0.2) is 0 Å². The highest BCUT2D eigenvalue weighted by molar-refractivity contribution is 9.10. The van der Waals surface area contributed by atoms with Gasteiger partial charge in [0.25, 0.3) is 0 Å². The lowest BCUT2D eigenvalue weighted by Crippen LogP contribution is -2.40. The van der Waals surface area contributed by atoms with Gasteiger partial charge in [-0.1, -0.05) is 20.8 Å². The number of thiophene rings is 1. The predicted octanol–water partition coefficient (Wildman–Crippen LogP) is 2.50. The zero-order valence-corrected chi connectivity index (χ0v) is 12.8. The maximum absolute atomic E-state index is 11.7. The molecule has 1 aromatic heterocycles. The SMILES string of the molecule is CC(CN)C(=O)NCC(C)(C)c1cc(Br)cs1. The summed E-state index contributed by atoms with van der Waals surface area (Å²) < 4.78 is 1.09. The first kappa shape index (κ1) is 14.7. The molecule has 1 amide bonds. The quantitative estimate of drug-likeness (QED) is 0.876. The topological polar surface area (TPSA) is 55.1 Å². The fourth-order valence-corrected chi connectivity index (χ4v) is 2.90. The minimum absolute atomic E-state index is 0.0243. The van der Waals surface area contributed by atoms with Crippen LogP contribution in [0.4, 0.5) is 0 Å². The highest BCUT2D eigenvalue weighted by atomic mass is 79.9. The summed E-state index contributed by atoms with van der Waals surface area (Å²) in [5, 5.41) is 5.01. The van der Waals surface area contributed by atoms with E-state index in [0.29, 0.717) is 13.1 Å². The largest absolute Gasteiger partial charge is 0.355 e. The molecule has 1 rings (SSSR count). The molecule has 0 aliphatic carbocycles. The highest BCUT2D eigenvalue weighted by Gasteiger charge is 2.24. The zero-order chi connectivity index (χ0) is 13.1. The second-order valence-corrected chi connectivity index (χ2v) is 6.69. The lowest BCUT2D eigenvalue weighted by molar-refractivity contribution is -0.124. The van der Waals surface area contributed by atoms with Crippen LogP contribution in [0.2, 0.25) is 0 Å². The first-order valence-electron chi connectivity index (χ1n) is 5.59. The van der Waals surface area contributed by atoms with E-state index in [1.807, 2.05) is 6.92 Å². The molecule has 0 aliphatic rings. The molecule has 3 nitrogen and oxygen atoms in total. The lowest BCUT2D eigenvalue weighted by Gasteiger charge is -2.24. The van der Waals surface area contributed by atoms with E-state index in [9.17, 15) is 4.79 Å². The smallest absolute Gasteiger partial charge is 0.224 e. The van der Waals surface area contributed by atoms with Crippen LogP contribution in [0, 0.1) is 5.92 Å². The highest BCUT2D eigenvalue weighted by Crippen LogP contribution is 2.31. The molecule has 96 valence electrons. The molecule has 1 unspecified atom stereocenters. The van der Waals surface area contributed by atoms with Crippen LogP contribution in [0.3, 0.4) is 0 Å². The van der Waals surface area contributed by atoms with Gasteiger partial charge in [-0.05, 0) is 22.0 Å². The molecule has 3 N–H and O–H groups in total. The van der Waals surface area contributed by atoms with E-state index in [0.717, 1.165) is 4.47 Å². The number of amides is 1. The summed E-state index contributed by atoms with van der Waals surface area (Å²) in [6, 6.07) is 2.10. The number of nitrogens with one attached hydrogen (secondary N) is 1. The van der Waals surface area contributed by atoms with Gasteiger partial charge in [-0.2, -0.15) is 0 Å². The molecule has 0 saturated carbocycles. The molecule has 0 radical (unpaired) electrons. The monoisotopic (exact) mass is 318 g/mol. The molecule has 1 atom stereocenters. The summed E-state index contributed by atoms with van der Waals surface area (Å²) in [5.41, 5.74) is 5.41. The van der Waals surface area contributed by atoms with E-state index in [-0.39, 0.29) is 17.2 Å². The third-order valence-corrected chi connectivity index (χ3v) is 4.80. The molecule has 17 heavy (non-hydrogen) atoms. The number of hydrogen-bond donors (Lipinski definition) is 2. The van der Waals surface area contributed by atoms with Crippen molar-refractivity contribution in [3.05, 3.63) is 20.8 Å². The van der Waals surface area contributed by atoms with Gasteiger partial charge < -0.3 is 11.1 Å². The maximum atomic E-state index is 11.7. The van der Waals surface area contributed by atoms with Crippen LogP contribution in [-0.4, -0.2) is 19.0 Å². The lowest BCUT2D eigenvalue weighted by atomic mass is 9.91. The molecule has 0 aromatic carbocycles. The van der Waals surface area contributed by atoms with Gasteiger partial charge in [0.05, 0.1) is 0 Å². The molecule has 0 spiro atoms. The van der Waals surface area contributed by atoms with Gasteiger partial charge in [0.1, 0.15) is 0 Å². The summed E-state index contributed by atoms with van der Waals surface area (Å²) in [6.45, 7) is 7.10. The van der Waals surface area contributed by atoms with Crippen LogP contribution in [0.5, 0.6) is 0 Å². The third-order valence-electron chi connectivity index (χ3n) is 2.74. The van der Waals surface area contributed by atoms with Crippen molar-refractivity contribution in [1.29, 1.82) is 0 Å². The molecular weight excluding hydrogens is 300 g/mol. The number of carbonyl (C=O) groups is 1.